The summed E-state index contributed by atoms with van der Waals surface area (Å²) in [6, 6.07) is 33.1. The predicted octanol–water partition coefficient (Wildman–Crippen LogP) is 8.03. The lowest BCUT2D eigenvalue weighted by atomic mass is 10.0. The maximum absolute atomic E-state index is 6.92. The zero-order chi connectivity index (χ0) is 22.1. The van der Waals surface area contributed by atoms with Crippen molar-refractivity contribution in [3.63, 3.8) is 0 Å². The molecule has 0 spiro atoms. The van der Waals surface area contributed by atoms with Crippen LogP contribution < -0.4 is 5.84 Å². The van der Waals surface area contributed by atoms with E-state index in [0.29, 0.717) is 0 Å². The molecule has 34 heavy (non-hydrogen) atoms. The summed E-state index contributed by atoms with van der Waals surface area (Å²) < 4.78 is 6.95. The Morgan fingerprint density at radius 1 is 0.500 bits per heavy atom. The number of aromatic nitrogens is 2. The lowest BCUT2D eigenvalue weighted by molar-refractivity contribution is 1.13. The number of thiophene rings is 1. The minimum absolute atomic E-state index is 1.07. The van der Waals surface area contributed by atoms with Crippen LogP contribution in [0.1, 0.15) is 0 Å². The molecule has 0 atom stereocenters. The lowest BCUT2D eigenvalue weighted by Gasteiger charge is -2.05. The fraction of sp³-hybridized carbons (Fsp3) is 0. The van der Waals surface area contributed by atoms with Crippen molar-refractivity contribution in [1.29, 1.82) is 0 Å². The Morgan fingerprint density at radius 3 is 2.09 bits per heavy atom. The van der Waals surface area contributed by atoms with Gasteiger partial charge in [0.1, 0.15) is 0 Å². The van der Waals surface area contributed by atoms with E-state index in [1.165, 1.54) is 69.0 Å². The van der Waals surface area contributed by atoms with Gasteiger partial charge in [0.15, 0.2) is 0 Å². The Kier molecular flexibility index (Phi) is 2.84. The SMILES string of the molecule is Nn1c2cccc3c2c2c(cc4sc5ccccc5c4c21)c1cccc2c4ccccc4n3c12. The van der Waals surface area contributed by atoms with Crippen LogP contribution in [0.4, 0.5) is 0 Å². The van der Waals surface area contributed by atoms with Crippen LogP contribution in [0.25, 0.3) is 80.1 Å². The second-order valence-corrected chi connectivity index (χ2v) is 10.3. The Morgan fingerprint density at radius 2 is 1.18 bits per heavy atom. The van der Waals surface area contributed by atoms with Gasteiger partial charge in [-0.3, -0.25) is 4.68 Å². The summed E-state index contributed by atoms with van der Waals surface area (Å²) in [5.74, 6) is 6.92. The zero-order valence-corrected chi connectivity index (χ0v) is 18.9. The highest BCUT2D eigenvalue weighted by atomic mass is 32.1. The van der Waals surface area contributed by atoms with Crippen molar-refractivity contribution < 1.29 is 0 Å². The third-order valence-corrected chi connectivity index (χ3v) is 8.76. The highest BCUT2D eigenvalue weighted by Gasteiger charge is 2.23. The third kappa shape index (κ3) is 1.77. The highest BCUT2D eigenvalue weighted by molar-refractivity contribution is 7.26. The number of nitrogen functional groups attached to an aromatic ring is 1. The summed E-state index contributed by atoms with van der Waals surface area (Å²) in [7, 11) is 0. The Bertz CT molecular complexity index is 2290. The number of benzene rings is 5. The molecule has 9 aromatic rings. The third-order valence-electron chi connectivity index (χ3n) is 7.64. The Hall–Kier alpha value is -4.28. The number of hydrogen-bond acceptors (Lipinski definition) is 2. The Balaban J connectivity index is 1.77. The lowest BCUT2D eigenvalue weighted by Crippen LogP contribution is -2.07. The van der Waals surface area contributed by atoms with Gasteiger partial charge >= 0.3 is 0 Å². The van der Waals surface area contributed by atoms with Gasteiger partial charge in [0, 0.05) is 47.1 Å². The monoisotopic (exact) mass is 451 g/mol. The first-order valence-corrected chi connectivity index (χ1v) is 12.3. The zero-order valence-electron chi connectivity index (χ0n) is 18.0. The van der Waals surface area contributed by atoms with Crippen molar-refractivity contribution in [2.45, 2.75) is 0 Å². The van der Waals surface area contributed by atoms with Gasteiger partial charge in [0.2, 0.25) is 0 Å². The van der Waals surface area contributed by atoms with E-state index in [0.717, 1.165) is 11.0 Å². The van der Waals surface area contributed by atoms with Gasteiger partial charge in [-0.05, 0) is 35.7 Å². The summed E-state index contributed by atoms with van der Waals surface area (Å²) in [6.45, 7) is 0. The van der Waals surface area contributed by atoms with Gasteiger partial charge in [-0.15, -0.1) is 11.3 Å². The van der Waals surface area contributed by atoms with Crippen LogP contribution in [0, 0.1) is 0 Å². The first kappa shape index (κ1) is 17.2. The summed E-state index contributed by atoms with van der Waals surface area (Å²) in [6.07, 6.45) is 0. The molecule has 4 aromatic heterocycles. The second-order valence-electron chi connectivity index (χ2n) is 9.21. The van der Waals surface area contributed by atoms with Crippen LogP contribution in [0.5, 0.6) is 0 Å². The molecule has 0 bridgehead atoms. The van der Waals surface area contributed by atoms with Gasteiger partial charge in [0.05, 0.1) is 27.6 Å². The molecule has 4 heteroatoms. The summed E-state index contributed by atoms with van der Waals surface area (Å²) in [4.78, 5) is 0. The molecule has 0 saturated carbocycles. The van der Waals surface area contributed by atoms with E-state index < -0.39 is 0 Å². The molecule has 2 N–H and O–H groups in total. The number of rotatable bonds is 0. The van der Waals surface area contributed by atoms with E-state index in [2.05, 4.69) is 95.4 Å². The normalized spacial score (nSPS) is 12.8. The van der Waals surface area contributed by atoms with Gasteiger partial charge in [-0.1, -0.05) is 60.7 Å². The van der Waals surface area contributed by atoms with E-state index in [1.54, 1.807) is 0 Å². The van der Waals surface area contributed by atoms with Crippen molar-refractivity contribution >= 4 is 91.4 Å². The van der Waals surface area contributed by atoms with Crippen LogP contribution in [0.3, 0.4) is 0 Å². The van der Waals surface area contributed by atoms with Crippen LogP contribution in [-0.4, -0.2) is 9.08 Å². The standard InChI is InChI=1S/C30H17N3S/c31-33-23-13-6-12-22-28(23)27-20(15-25-26(30(27)33)19-8-2-4-14-24(19)34-25)18-10-5-9-17-16-7-1-3-11-21(16)32(22)29(17)18/h1-15H,31H2. The first-order valence-electron chi connectivity index (χ1n) is 11.5. The quantitative estimate of drug-likeness (QED) is 0.233. The second kappa shape index (κ2) is 5.61. The van der Waals surface area contributed by atoms with E-state index >= 15 is 0 Å². The van der Waals surface area contributed by atoms with Crippen molar-refractivity contribution in [3.05, 3.63) is 91.0 Å². The van der Waals surface area contributed by atoms with E-state index in [4.69, 9.17) is 5.84 Å². The maximum atomic E-state index is 6.92. The van der Waals surface area contributed by atoms with Gasteiger partial charge < -0.3 is 10.2 Å². The first-order chi connectivity index (χ1) is 16.8. The van der Waals surface area contributed by atoms with Crippen LogP contribution in [0.15, 0.2) is 91.0 Å². The predicted molar refractivity (Wildman–Crippen MR) is 147 cm³/mol. The molecular formula is C30H17N3S. The average molecular weight is 452 g/mol. The minimum atomic E-state index is 1.07. The molecule has 0 fully saturated rings. The smallest absolute Gasteiger partial charge is 0.0803 e. The fourth-order valence-corrected chi connectivity index (χ4v) is 7.50. The number of fused-ring (bicyclic) bond motifs is 9. The molecule has 0 saturated heterocycles. The Labute approximate surface area is 197 Å². The van der Waals surface area contributed by atoms with Gasteiger partial charge in [0.25, 0.3) is 0 Å². The van der Waals surface area contributed by atoms with Crippen molar-refractivity contribution in [2.75, 3.05) is 5.84 Å². The van der Waals surface area contributed by atoms with Crippen molar-refractivity contribution in [2.24, 2.45) is 0 Å². The molecule has 0 aliphatic rings. The molecule has 5 aromatic carbocycles. The molecule has 9 rings (SSSR count). The van der Waals surface area contributed by atoms with E-state index in [9.17, 15) is 0 Å². The van der Waals surface area contributed by atoms with Crippen molar-refractivity contribution in [1.82, 2.24) is 9.08 Å². The number of hydrogen-bond donors (Lipinski definition) is 1. The molecule has 3 nitrogen and oxygen atoms in total. The van der Waals surface area contributed by atoms with Crippen LogP contribution in [-0.2, 0) is 0 Å². The summed E-state index contributed by atoms with van der Waals surface area (Å²) in [5, 5.41) is 10.1. The molecule has 0 unspecified atom stereocenters. The highest BCUT2D eigenvalue weighted by Crippen LogP contribution is 2.47. The van der Waals surface area contributed by atoms with Crippen molar-refractivity contribution in [3.8, 4) is 0 Å². The van der Waals surface area contributed by atoms with Gasteiger partial charge in [-0.25, -0.2) is 0 Å². The largest absolute Gasteiger partial charge is 0.339 e. The molecule has 0 aliphatic heterocycles. The molecule has 0 aliphatic carbocycles. The maximum Gasteiger partial charge on any atom is 0.0803 e. The number of para-hydroxylation sites is 2. The van der Waals surface area contributed by atoms with E-state index in [1.807, 2.05) is 16.0 Å². The van der Waals surface area contributed by atoms with Gasteiger partial charge in [-0.2, -0.15) is 0 Å². The number of nitrogens with two attached hydrogens (primary N) is 1. The van der Waals surface area contributed by atoms with E-state index in [-0.39, 0.29) is 0 Å². The molecule has 0 radical (unpaired) electrons. The molecule has 0 amide bonds. The fourth-order valence-electron chi connectivity index (χ4n) is 6.35. The molecular weight excluding hydrogens is 434 g/mol. The van der Waals surface area contributed by atoms with Crippen LogP contribution in [0.2, 0.25) is 0 Å². The topological polar surface area (TPSA) is 35.4 Å². The average Bonchev–Trinajstić information content (AvgIpc) is 3.48. The summed E-state index contributed by atoms with van der Waals surface area (Å²) in [5.41, 5.74) is 5.89. The van der Waals surface area contributed by atoms with Crippen LogP contribution >= 0.6 is 11.3 Å². The summed E-state index contributed by atoms with van der Waals surface area (Å²) >= 11 is 1.85. The minimum Gasteiger partial charge on any atom is -0.339 e. The molecule has 4 heterocycles. The number of nitrogens with zero attached hydrogens (tertiary/aromatic N) is 2. The molecule has 158 valence electrons.